The number of aliphatic carboxylic acids is 2. The Balaban J connectivity index is 2.82. The Kier molecular flexibility index (Phi) is 9.09. The molecule has 0 fully saturated rings. The van der Waals surface area contributed by atoms with Crippen molar-refractivity contribution < 1.29 is 29.4 Å². The molecule has 0 aliphatic rings. The molecule has 3 atom stereocenters. The van der Waals surface area contributed by atoms with Crippen LogP contribution in [0, 0.1) is 5.92 Å². The highest BCUT2D eigenvalue weighted by Gasteiger charge is 2.28. The maximum atomic E-state index is 12.5. The first-order chi connectivity index (χ1) is 13.1. The van der Waals surface area contributed by atoms with E-state index in [9.17, 15) is 24.3 Å². The fourth-order valence-corrected chi connectivity index (χ4v) is 2.52. The fraction of sp³-hybridized carbons (Fsp3) is 0.588. The molecule has 0 aromatic carbocycles. The molecule has 0 aliphatic heterocycles. The molecule has 11 heteroatoms. The number of aromatic nitrogens is 2. The maximum absolute atomic E-state index is 12.5. The number of nitrogens with two attached hydrogens (primary N) is 1. The maximum Gasteiger partial charge on any atom is 0.326 e. The number of hydrogen-bond donors (Lipinski definition) is 6. The standard InChI is InChI=1S/C17H27N5O6/c1-9(2)5-11(18)15(25)21-12(3-4-14(23)24)16(26)22-13(17(27)28)6-10-7-19-8-20-10/h7-9,11-13H,3-6,18H2,1-2H3,(H,19,20)(H,21,25)(H,22,26)(H,23,24)(H,27,28). The van der Waals surface area contributed by atoms with Crippen LogP contribution in [0.3, 0.4) is 0 Å². The number of nitrogens with zero attached hydrogens (tertiary/aromatic N) is 1. The molecule has 11 nitrogen and oxygen atoms in total. The number of rotatable bonds is 12. The Bertz CT molecular complexity index is 676. The Morgan fingerprint density at radius 2 is 1.79 bits per heavy atom. The van der Waals surface area contributed by atoms with E-state index < -0.39 is 41.9 Å². The SMILES string of the molecule is CC(C)CC(N)C(=O)NC(CCC(=O)O)C(=O)NC(Cc1cnc[nH]1)C(=O)O. The van der Waals surface area contributed by atoms with E-state index in [0.29, 0.717) is 12.1 Å². The zero-order chi connectivity index (χ0) is 21.3. The van der Waals surface area contributed by atoms with Crippen molar-refractivity contribution in [3.8, 4) is 0 Å². The van der Waals surface area contributed by atoms with Crippen molar-refractivity contribution in [3.63, 3.8) is 0 Å². The van der Waals surface area contributed by atoms with Crippen LogP contribution in [0.15, 0.2) is 12.5 Å². The summed E-state index contributed by atoms with van der Waals surface area (Å²) in [5.74, 6) is -3.66. The molecule has 0 radical (unpaired) electrons. The van der Waals surface area contributed by atoms with Crippen LogP contribution in [-0.2, 0) is 25.6 Å². The summed E-state index contributed by atoms with van der Waals surface area (Å²) in [6.07, 6.45) is 2.57. The van der Waals surface area contributed by atoms with Gasteiger partial charge >= 0.3 is 11.9 Å². The van der Waals surface area contributed by atoms with E-state index in [0.717, 1.165) is 0 Å². The normalized spacial score (nSPS) is 14.1. The molecular formula is C17H27N5O6. The fourth-order valence-electron chi connectivity index (χ4n) is 2.52. The van der Waals surface area contributed by atoms with Crippen LogP contribution in [0.1, 0.15) is 38.8 Å². The lowest BCUT2D eigenvalue weighted by Crippen LogP contribution is -2.55. The number of H-pyrrole nitrogens is 1. The second-order valence-electron chi connectivity index (χ2n) is 6.91. The van der Waals surface area contributed by atoms with Gasteiger partial charge in [-0.3, -0.25) is 14.4 Å². The van der Waals surface area contributed by atoms with Gasteiger partial charge in [0.1, 0.15) is 12.1 Å². The molecule has 1 rings (SSSR count). The highest BCUT2D eigenvalue weighted by Crippen LogP contribution is 2.06. The van der Waals surface area contributed by atoms with E-state index in [1.807, 2.05) is 13.8 Å². The summed E-state index contributed by atoms with van der Waals surface area (Å²) in [5.41, 5.74) is 6.30. The zero-order valence-electron chi connectivity index (χ0n) is 15.8. The number of carbonyl (C=O) groups excluding carboxylic acids is 2. The van der Waals surface area contributed by atoms with Crippen LogP contribution in [0.4, 0.5) is 0 Å². The molecule has 1 aromatic heterocycles. The number of carbonyl (C=O) groups is 4. The Hall–Kier alpha value is -2.95. The second kappa shape index (κ2) is 11.0. The molecular weight excluding hydrogens is 370 g/mol. The largest absolute Gasteiger partial charge is 0.481 e. The average molecular weight is 397 g/mol. The van der Waals surface area contributed by atoms with Gasteiger partial charge in [0, 0.05) is 24.7 Å². The third kappa shape index (κ3) is 8.16. The minimum Gasteiger partial charge on any atom is -0.481 e. The number of imidazole rings is 1. The highest BCUT2D eigenvalue weighted by atomic mass is 16.4. The minimum atomic E-state index is -1.28. The van der Waals surface area contributed by atoms with Crippen molar-refractivity contribution in [2.45, 2.75) is 57.7 Å². The minimum absolute atomic E-state index is 0.0481. The van der Waals surface area contributed by atoms with Crippen LogP contribution in [0.25, 0.3) is 0 Å². The Morgan fingerprint density at radius 1 is 1.14 bits per heavy atom. The quantitative estimate of drug-likeness (QED) is 0.265. The first-order valence-electron chi connectivity index (χ1n) is 8.88. The Morgan fingerprint density at radius 3 is 2.29 bits per heavy atom. The van der Waals surface area contributed by atoms with Crippen LogP contribution in [-0.4, -0.2) is 62.1 Å². The number of carboxylic acid groups (broad SMARTS) is 2. The van der Waals surface area contributed by atoms with Crippen LogP contribution >= 0.6 is 0 Å². The number of aromatic amines is 1. The summed E-state index contributed by atoms with van der Waals surface area (Å²) >= 11 is 0. The van der Waals surface area contributed by atoms with Crippen LogP contribution in [0.5, 0.6) is 0 Å². The van der Waals surface area contributed by atoms with Crippen molar-refractivity contribution in [1.82, 2.24) is 20.6 Å². The highest BCUT2D eigenvalue weighted by molar-refractivity contribution is 5.92. The van der Waals surface area contributed by atoms with Gasteiger partial charge in [-0.25, -0.2) is 9.78 Å². The van der Waals surface area contributed by atoms with E-state index >= 15 is 0 Å². The van der Waals surface area contributed by atoms with Gasteiger partial charge in [0.25, 0.3) is 0 Å². The van der Waals surface area contributed by atoms with Crippen molar-refractivity contribution >= 4 is 23.8 Å². The molecule has 0 bridgehead atoms. The average Bonchev–Trinajstić information content (AvgIpc) is 3.09. The summed E-state index contributed by atoms with van der Waals surface area (Å²) in [4.78, 5) is 53.6. The molecule has 156 valence electrons. The van der Waals surface area contributed by atoms with Gasteiger partial charge in [-0.15, -0.1) is 0 Å². The summed E-state index contributed by atoms with van der Waals surface area (Å²) < 4.78 is 0. The number of nitrogens with one attached hydrogen (secondary N) is 3. The number of amides is 2. The van der Waals surface area contributed by atoms with Crippen molar-refractivity contribution in [2.24, 2.45) is 11.7 Å². The predicted molar refractivity (Wildman–Crippen MR) is 98.1 cm³/mol. The number of carboxylic acids is 2. The molecule has 28 heavy (non-hydrogen) atoms. The molecule has 3 unspecified atom stereocenters. The lowest BCUT2D eigenvalue weighted by molar-refractivity contribution is -0.143. The van der Waals surface area contributed by atoms with Crippen molar-refractivity contribution in [1.29, 1.82) is 0 Å². The van der Waals surface area contributed by atoms with Crippen LogP contribution < -0.4 is 16.4 Å². The summed E-state index contributed by atoms with van der Waals surface area (Å²) in [6.45, 7) is 3.77. The van der Waals surface area contributed by atoms with E-state index in [4.69, 9.17) is 10.8 Å². The van der Waals surface area contributed by atoms with Gasteiger partial charge in [-0.05, 0) is 18.8 Å². The molecule has 0 saturated heterocycles. The topological polar surface area (TPSA) is 188 Å². The molecule has 0 aliphatic carbocycles. The lowest BCUT2D eigenvalue weighted by Gasteiger charge is -2.23. The molecule has 2 amide bonds. The van der Waals surface area contributed by atoms with Gasteiger partial charge < -0.3 is 31.6 Å². The van der Waals surface area contributed by atoms with E-state index in [2.05, 4.69) is 20.6 Å². The predicted octanol–water partition coefficient (Wildman–Crippen LogP) is -0.755. The Labute approximate surface area is 162 Å². The second-order valence-corrected chi connectivity index (χ2v) is 6.91. The van der Waals surface area contributed by atoms with Crippen molar-refractivity contribution in [3.05, 3.63) is 18.2 Å². The summed E-state index contributed by atoms with van der Waals surface area (Å²) in [6, 6.07) is -3.35. The molecule has 1 aromatic rings. The summed E-state index contributed by atoms with van der Waals surface area (Å²) in [5, 5.41) is 23.0. The van der Waals surface area contributed by atoms with Gasteiger partial charge in [0.2, 0.25) is 11.8 Å². The van der Waals surface area contributed by atoms with E-state index in [-0.39, 0.29) is 25.2 Å². The van der Waals surface area contributed by atoms with E-state index in [1.165, 1.54) is 12.5 Å². The monoisotopic (exact) mass is 397 g/mol. The van der Waals surface area contributed by atoms with Crippen LogP contribution in [0.2, 0.25) is 0 Å². The third-order valence-corrected chi connectivity index (χ3v) is 3.94. The smallest absolute Gasteiger partial charge is 0.326 e. The molecule has 0 spiro atoms. The van der Waals surface area contributed by atoms with E-state index in [1.54, 1.807) is 0 Å². The molecule has 1 heterocycles. The van der Waals surface area contributed by atoms with Gasteiger partial charge in [-0.1, -0.05) is 13.8 Å². The third-order valence-electron chi connectivity index (χ3n) is 3.94. The van der Waals surface area contributed by atoms with Gasteiger partial charge in [0.05, 0.1) is 12.4 Å². The van der Waals surface area contributed by atoms with Crippen molar-refractivity contribution in [2.75, 3.05) is 0 Å². The zero-order valence-corrected chi connectivity index (χ0v) is 15.8. The first kappa shape index (κ1) is 23.1. The summed E-state index contributed by atoms with van der Waals surface area (Å²) in [7, 11) is 0. The van der Waals surface area contributed by atoms with Gasteiger partial charge in [-0.2, -0.15) is 0 Å². The molecule has 0 saturated carbocycles. The van der Waals surface area contributed by atoms with Gasteiger partial charge in [0.15, 0.2) is 0 Å². The first-order valence-corrected chi connectivity index (χ1v) is 8.88. The lowest BCUT2D eigenvalue weighted by atomic mass is 10.0. The molecule has 7 N–H and O–H groups in total. The number of hydrogen-bond acceptors (Lipinski definition) is 6.